The summed E-state index contributed by atoms with van der Waals surface area (Å²) in [6, 6.07) is 0. The molecule has 4 nitrogen and oxygen atoms in total. The number of rotatable bonds is 5. The van der Waals surface area contributed by atoms with Gasteiger partial charge in [0.05, 0.1) is 11.7 Å². The van der Waals surface area contributed by atoms with Gasteiger partial charge in [0.2, 0.25) is 0 Å². The molecule has 0 aromatic rings. The Hall–Kier alpha value is -1.03. The van der Waals surface area contributed by atoms with Crippen molar-refractivity contribution in [1.82, 2.24) is 0 Å². The number of aliphatic hydroxyl groups is 2. The summed E-state index contributed by atoms with van der Waals surface area (Å²) >= 11 is 0. The fraction of sp³-hybridized carbons (Fsp3) is 0.727. The molecule has 1 heterocycles. The maximum absolute atomic E-state index is 11.2. The van der Waals surface area contributed by atoms with Crippen LogP contribution in [0.2, 0.25) is 0 Å². The molecule has 2 atom stereocenters. The first-order valence-corrected chi connectivity index (χ1v) is 5.37. The predicted octanol–water partition coefficient (Wildman–Crippen LogP) is 1.69. The van der Waals surface area contributed by atoms with Crippen LogP contribution in [0.15, 0.2) is 11.3 Å². The van der Waals surface area contributed by atoms with Crippen molar-refractivity contribution in [3.8, 4) is 0 Å². The molecule has 0 fully saturated rings. The summed E-state index contributed by atoms with van der Waals surface area (Å²) in [5.74, 6) is -0.378. The van der Waals surface area contributed by atoms with E-state index in [1.54, 1.807) is 6.92 Å². The highest BCUT2D eigenvalue weighted by molar-refractivity contribution is 5.91. The minimum Gasteiger partial charge on any atom is -0.508 e. The molecule has 0 radical (unpaired) electrons. The van der Waals surface area contributed by atoms with Crippen molar-refractivity contribution in [3.63, 3.8) is 0 Å². The molecular weight excluding hydrogens is 196 g/mol. The van der Waals surface area contributed by atoms with Crippen LogP contribution in [0.5, 0.6) is 0 Å². The summed E-state index contributed by atoms with van der Waals surface area (Å²) < 4.78 is 4.84. The van der Waals surface area contributed by atoms with Crippen molar-refractivity contribution in [3.05, 3.63) is 11.3 Å². The minimum atomic E-state index is -0.511. The molecule has 0 aromatic carbocycles. The van der Waals surface area contributed by atoms with Crippen LogP contribution in [0.3, 0.4) is 0 Å². The molecule has 0 bridgehead atoms. The molecule has 0 saturated heterocycles. The summed E-state index contributed by atoms with van der Waals surface area (Å²) in [6.07, 6.45) is 1.70. The fourth-order valence-electron chi connectivity index (χ4n) is 1.59. The van der Waals surface area contributed by atoms with E-state index in [0.29, 0.717) is 31.3 Å². The van der Waals surface area contributed by atoms with Crippen LogP contribution in [0.1, 0.15) is 39.5 Å². The van der Waals surface area contributed by atoms with E-state index in [9.17, 15) is 15.0 Å². The van der Waals surface area contributed by atoms with E-state index in [1.807, 2.05) is 6.92 Å². The van der Waals surface area contributed by atoms with Crippen molar-refractivity contribution in [1.29, 1.82) is 0 Å². The van der Waals surface area contributed by atoms with Crippen molar-refractivity contribution in [2.45, 2.75) is 51.7 Å². The number of carbonyl (C=O) groups is 1. The molecule has 0 saturated carbocycles. The maximum atomic E-state index is 11.2. The molecule has 1 rings (SSSR count). The van der Waals surface area contributed by atoms with E-state index in [0.717, 1.165) is 0 Å². The number of esters is 1. The average molecular weight is 214 g/mol. The number of cyclic esters (lactones) is 1. The van der Waals surface area contributed by atoms with Crippen molar-refractivity contribution >= 4 is 5.97 Å². The largest absolute Gasteiger partial charge is 0.508 e. The van der Waals surface area contributed by atoms with E-state index in [2.05, 4.69) is 0 Å². The lowest BCUT2D eigenvalue weighted by molar-refractivity contribution is -0.139. The minimum absolute atomic E-state index is 0.0472. The SMILES string of the molecule is CC[C@H](O)CCCC1=C(O)[C@@H](C)OC1=O. The molecule has 0 aromatic heterocycles. The quantitative estimate of drug-likeness (QED) is 0.683. The monoisotopic (exact) mass is 214 g/mol. The lowest BCUT2D eigenvalue weighted by Gasteiger charge is -2.06. The van der Waals surface area contributed by atoms with Crippen LogP contribution in [0.4, 0.5) is 0 Å². The van der Waals surface area contributed by atoms with E-state index in [1.165, 1.54) is 0 Å². The van der Waals surface area contributed by atoms with Gasteiger partial charge in [0, 0.05) is 0 Å². The molecular formula is C11H18O4. The average Bonchev–Trinajstić information content (AvgIpc) is 2.44. The summed E-state index contributed by atoms with van der Waals surface area (Å²) in [7, 11) is 0. The zero-order valence-electron chi connectivity index (χ0n) is 9.19. The number of carbonyl (C=O) groups excluding carboxylic acids is 1. The molecule has 2 N–H and O–H groups in total. The van der Waals surface area contributed by atoms with Crippen molar-refractivity contribution in [2.75, 3.05) is 0 Å². The molecule has 86 valence electrons. The van der Waals surface area contributed by atoms with Crippen LogP contribution in [-0.4, -0.2) is 28.4 Å². The Kier molecular flexibility index (Phi) is 4.15. The predicted molar refractivity (Wildman–Crippen MR) is 55.4 cm³/mol. The van der Waals surface area contributed by atoms with Gasteiger partial charge in [-0.2, -0.15) is 0 Å². The number of ether oxygens (including phenoxy) is 1. The van der Waals surface area contributed by atoms with Gasteiger partial charge in [-0.05, 0) is 32.6 Å². The Morgan fingerprint density at radius 2 is 2.20 bits per heavy atom. The van der Waals surface area contributed by atoms with Gasteiger partial charge >= 0.3 is 5.97 Å². The topological polar surface area (TPSA) is 66.8 Å². The van der Waals surface area contributed by atoms with Crippen molar-refractivity contribution < 1.29 is 19.7 Å². The molecule has 1 aliphatic rings. The first kappa shape index (κ1) is 12.0. The van der Waals surface area contributed by atoms with Crippen LogP contribution in [0, 0.1) is 0 Å². The van der Waals surface area contributed by atoms with Gasteiger partial charge in [0.1, 0.15) is 5.76 Å². The van der Waals surface area contributed by atoms with Gasteiger partial charge < -0.3 is 14.9 Å². The Balaban J connectivity index is 2.41. The first-order chi connectivity index (χ1) is 7.06. The molecule has 4 heteroatoms. The number of hydrogen-bond acceptors (Lipinski definition) is 4. The van der Waals surface area contributed by atoms with Crippen LogP contribution < -0.4 is 0 Å². The van der Waals surface area contributed by atoms with E-state index >= 15 is 0 Å². The molecule has 1 aliphatic heterocycles. The highest BCUT2D eigenvalue weighted by atomic mass is 16.6. The molecule has 0 spiro atoms. The van der Waals surface area contributed by atoms with Gasteiger partial charge in [0.15, 0.2) is 6.10 Å². The summed E-state index contributed by atoms with van der Waals surface area (Å²) in [6.45, 7) is 3.55. The Morgan fingerprint density at radius 1 is 1.53 bits per heavy atom. The lowest BCUT2D eigenvalue weighted by atomic mass is 10.0. The van der Waals surface area contributed by atoms with E-state index in [4.69, 9.17) is 4.74 Å². The van der Waals surface area contributed by atoms with Crippen molar-refractivity contribution in [2.24, 2.45) is 0 Å². The maximum Gasteiger partial charge on any atom is 0.338 e. The molecule has 0 unspecified atom stereocenters. The standard InChI is InChI=1S/C11H18O4/c1-3-8(12)5-4-6-9-10(13)7(2)15-11(9)14/h7-8,12-13H,3-6H2,1-2H3/t7-,8+/m1/s1. The first-order valence-electron chi connectivity index (χ1n) is 5.37. The van der Waals surface area contributed by atoms with Crippen LogP contribution in [0.25, 0.3) is 0 Å². The van der Waals surface area contributed by atoms with Crippen LogP contribution >= 0.6 is 0 Å². The highest BCUT2D eigenvalue weighted by Gasteiger charge is 2.30. The fourth-order valence-corrected chi connectivity index (χ4v) is 1.59. The van der Waals surface area contributed by atoms with E-state index in [-0.39, 0.29) is 11.9 Å². The van der Waals surface area contributed by atoms with E-state index < -0.39 is 12.1 Å². The zero-order chi connectivity index (χ0) is 11.4. The number of aliphatic hydroxyl groups excluding tert-OH is 2. The van der Waals surface area contributed by atoms with Crippen LogP contribution in [-0.2, 0) is 9.53 Å². The molecule has 15 heavy (non-hydrogen) atoms. The Labute approximate surface area is 89.6 Å². The van der Waals surface area contributed by atoms with Gasteiger partial charge in [-0.15, -0.1) is 0 Å². The number of hydrogen-bond donors (Lipinski definition) is 2. The smallest absolute Gasteiger partial charge is 0.338 e. The van der Waals surface area contributed by atoms with Gasteiger partial charge in [-0.25, -0.2) is 4.79 Å². The third-order valence-electron chi connectivity index (χ3n) is 2.66. The Morgan fingerprint density at radius 3 is 2.67 bits per heavy atom. The third kappa shape index (κ3) is 2.96. The highest BCUT2D eigenvalue weighted by Crippen LogP contribution is 2.24. The normalized spacial score (nSPS) is 23.1. The second-order valence-corrected chi connectivity index (χ2v) is 3.87. The summed E-state index contributed by atoms with van der Waals surface area (Å²) in [4.78, 5) is 11.2. The summed E-state index contributed by atoms with van der Waals surface area (Å²) in [5, 5.41) is 18.8. The second kappa shape index (κ2) is 5.16. The second-order valence-electron chi connectivity index (χ2n) is 3.87. The third-order valence-corrected chi connectivity index (χ3v) is 2.66. The molecule has 0 aliphatic carbocycles. The van der Waals surface area contributed by atoms with Gasteiger partial charge in [-0.1, -0.05) is 6.92 Å². The van der Waals surface area contributed by atoms with Gasteiger partial charge in [-0.3, -0.25) is 0 Å². The zero-order valence-corrected chi connectivity index (χ0v) is 9.19. The lowest BCUT2D eigenvalue weighted by Crippen LogP contribution is -2.06. The Bertz CT molecular complexity index is 270. The summed E-state index contributed by atoms with van der Waals surface area (Å²) in [5.41, 5.74) is 0.366. The van der Waals surface area contributed by atoms with Gasteiger partial charge in [0.25, 0.3) is 0 Å². The molecule has 0 amide bonds.